The number of ether oxygens (including phenoxy) is 1. The second kappa shape index (κ2) is 4.56. The van der Waals surface area contributed by atoms with Crippen LogP contribution in [0.25, 0.3) is 0 Å². The van der Waals surface area contributed by atoms with Crippen molar-refractivity contribution in [1.29, 1.82) is 0 Å². The third kappa shape index (κ3) is 2.13. The third-order valence-electron chi connectivity index (χ3n) is 4.39. The minimum atomic E-state index is -0.151. The fraction of sp³-hybridized carbons (Fsp3) is 0.846. The van der Waals surface area contributed by atoms with Crippen molar-refractivity contribution in [3.8, 4) is 0 Å². The van der Waals surface area contributed by atoms with Gasteiger partial charge in [0.2, 0.25) is 0 Å². The van der Waals surface area contributed by atoms with Crippen molar-refractivity contribution in [3.63, 3.8) is 0 Å². The summed E-state index contributed by atoms with van der Waals surface area (Å²) in [4.78, 5) is 23.1. The fourth-order valence-corrected chi connectivity index (χ4v) is 3.53. The minimum absolute atomic E-state index is 0.0549. The molecule has 0 heterocycles. The topological polar surface area (TPSA) is 43.4 Å². The maximum Gasteiger partial charge on any atom is 0.306 e. The van der Waals surface area contributed by atoms with Crippen molar-refractivity contribution < 1.29 is 14.3 Å². The van der Waals surface area contributed by atoms with Crippen LogP contribution >= 0.6 is 0 Å². The molecule has 2 rings (SSSR count). The molecular formula is C13H20O3. The number of hydrogen-bond acceptors (Lipinski definition) is 3. The van der Waals surface area contributed by atoms with E-state index in [1.165, 1.54) is 20.0 Å². The average Bonchev–Trinajstić information content (AvgIpc) is 2.28. The molecule has 0 unspecified atom stereocenters. The highest BCUT2D eigenvalue weighted by Crippen LogP contribution is 2.51. The normalized spacial score (nSPS) is 34.3. The number of esters is 1. The van der Waals surface area contributed by atoms with Crippen molar-refractivity contribution in [2.45, 2.75) is 51.4 Å². The van der Waals surface area contributed by atoms with Crippen molar-refractivity contribution in [2.75, 3.05) is 7.11 Å². The summed E-state index contributed by atoms with van der Waals surface area (Å²) in [5.74, 6) is 0.752. The van der Waals surface area contributed by atoms with E-state index >= 15 is 0 Å². The van der Waals surface area contributed by atoms with Crippen LogP contribution in [-0.4, -0.2) is 18.9 Å². The number of carbonyl (C=O) groups excluding carboxylic acids is 2. The summed E-state index contributed by atoms with van der Waals surface area (Å²) in [6.45, 7) is 0. The molecule has 3 nitrogen and oxygen atoms in total. The van der Waals surface area contributed by atoms with Gasteiger partial charge in [0.05, 0.1) is 13.5 Å². The molecule has 90 valence electrons. The Morgan fingerprint density at radius 1 is 1.44 bits per heavy atom. The second-order valence-electron chi connectivity index (χ2n) is 5.31. The first-order valence-corrected chi connectivity index (χ1v) is 6.25. The van der Waals surface area contributed by atoms with Crippen LogP contribution in [0.4, 0.5) is 0 Å². The zero-order valence-corrected chi connectivity index (χ0v) is 9.96. The molecular weight excluding hydrogens is 204 g/mol. The first-order chi connectivity index (χ1) is 7.66. The zero-order valence-electron chi connectivity index (χ0n) is 9.96. The smallest absolute Gasteiger partial charge is 0.306 e. The number of rotatable bonds is 2. The second-order valence-corrected chi connectivity index (χ2v) is 5.31. The van der Waals surface area contributed by atoms with Crippen molar-refractivity contribution in [1.82, 2.24) is 0 Å². The Morgan fingerprint density at radius 3 is 3.00 bits per heavy atom. The summed E-state index contributed by atoms with van der Waals surface area (Å²) in [6, 6.07) is 0. The summed E-state index contributed by atoms with van der Waals surface area (Å²) < 4.78 is 4.78. The van der Waals surface area contributed by atoms with E-state index in [1.54, 1.807) is 0 Å². The van der Waals surface area contributed by atoms with Crippen molar-refractivity contribution in [2.24, 2.45) is 11.3 Å². The minimum Gasteiger partial charge on any atom is -0.469 e. The van der Waals surface area contributed by atoms with Crippen LogP contribution < -0.4 is 0 Å². The van der Waals surface area contributed by atoms with E-state index in [1.807, 2.05) is 0 Å². The predicted molar refractivity (Wildman–Crippen MR) is 59.9 cm³/mol. The molecule has 0 N–H and O–H groups in total. The van der Waals surface area contributed by atoms with Crippen LogP contribution in [-0.2, 0) is 14.3 Å². The fourth-order valence-electron chi connectivity index (χ4n) is 3.53. The van der Waals surface area contributed by atoms with Crippen molar-refractivity contribution >= 4 is 11.8 Å². The van der Waals surface area contributed by atoms with Gasteiger partial charge in [-0.2, -0.15) is 0 Å². The van der Waals surface area contributed by atoms with Gasteiger partial charge in [0.1, 0.15) is 5.78 Å². The first kappa shape index (κ1) is 11.6. The molecule has 2 aliphatic rings. The lowest BCUT2D eigenvalue weighted by molar-refractivity contribution is -0.147. The molecule has 2 atom stereocenters. The molecule has 0 bridgehead atoms. The van der Waals surface area contributed by atoms with Crippen LogP contribution in [0.3, 0.4) is 0 Å². The Labute approximate surface area is 96.5 Å². The number of fused-ring (bicyclic) bond motifs is 1. The van der Waals surface area contributed by atoms with E-state index in [0.29, 0.717) is 31.0 Å². The Morgan fingerprint density at radius 2 is 2.25 bits per heavy atom. The van der Waals surface area contributed by atoms with Gasteiger partial charge in [-0.15, -0.1) is 0 Å². The summed E-state index contributed by atoms with van der Waals surface area (Å²) in [5, 5.41) is 0. The number of hydrogen-bond donors (Lipinski definition) is 0. The lowest BCUT2D eigenvalue weighted by Gasteiger charge is -2.46. The van der Waals surface area contributed by atoms with E-state index in [0.717, 1.165) is 19.3 Å². The van der Waals surface area contributed by atoms with Gasteiger partial charge in [-0.05, 0) is 30.6 Å². The highest BCUT2D eigenvalue weighted by atomic mass is 16.5. The predicted octanol–water partition coefficient (Wildman–Crippen LogP) is 2.48. The third-order valence-corrected chi connectivity index (χ3v) is 4.39. The highest BCUT2D eigenvalue weighted by Gasteiger charge is 2.46. The molecule has 2 saturated carbocycles. The van der Waals surface area contributed by atoms with Gasteiger partial charge in [0.15, 0.2) is 0 Å². The summed E-state index contributed by atoms with van der Waals surface area (Å²) in [7, 11) is 1.43. The molecule has 0 spiro atoms. The molecule has 0 aliphatic heterocycles. The van der Waals surface area contributed by atoms with E-state index in [9.17, 15) is 9.59 Å². The van der Waals surface area contributed by atoms with Crippen molar-refractivity contribution in [3.05, 3.63) is 0 Å². The summed E-state index contributed by atoms with van der Waals surface area (Å²) in [5.41, 5.74) is -0.0549. The molecule has 0 aromatic carbocycles. The maximum atomic E-state index is 11.6. The van der Waals surface area contributed by atoms with Crippen LogP contribution in [0, 0.1) is 11.3 Å². The molecule has 0 radical (unpaired) electrons. The monoisotopic (exact) mass is 224 g/mol. The van der Waals surface area contributed by atoms with Gasteiger partial charge >= 0.3 is 5.97 Å². The Balaban J connectivity index is 2.15. The number of Topliss-reactive ketones (excluding diaryl/α,β-unsaturated/α-hetero) is 1. The number of ketones is 1. The molecule has 0 saturated heterocycles. The van der Waals surface area contributed by atoms with Gasteiger partial charge in [-0.1, -0.05) is 12.8 Å². The quantitative estimate of drug-likeness (QED) is 0.677. The van der Waals surface area contributed by atoms with E-state index < -0.39 is 0 Å². The van der Waals surface area contributed by atoms with E-state index in [4.69, 9.17) is 4.74 Å². The molecule has 2 fully saturated rings. The lowest BCUT2D eigenvalue weighted by atomic mass is 9.58. The number of carbonyl (C=O) groups is 2. The Hall–Kier alpha value is -0.860. The Kier molecular flexibility index (Phi) is 3.31. The zero-order chi connectivity index (χ0) is 11.6. The SMILES string of the molecule is COC(=O)C[C@@]12CCCC[C@H]1CCC(=O)C2. The van der Waals surface area contributed by atoms with Crippen LogP contribution in [0.1, 0.15) is 51.4 Å². The number of methoxy groups -OCH3 is 1. The Bertz CT molecular complexity index is 298. The van der Waals surface area contributed by atoms with Crippen LogP contribution in [0.5, 0.6) is 0 Å². The first-order valence-electron chi connectivity index (χ1n) is 6.25. The van der Waals surface area contributed by atoms with Gasteiger partial charge in [0.25, 0.3) is 0 Å². The van der Waals surface area contributed by atoms with E-state index in [-0.39, 0.29) is 11.4 Å². The molecule has 16 heavy (non-hydrogen) atoms. The molecule has 0 amide bonds. The lowest BCUT2D eigenvalue weighted by Crippen LogP contribution is -2.41. The van der Waals surface area contributed by atoms with E-state index in [2.05, 4.69) is 0 Å². The summed E-state index contributed by atoms with van der Waals surface area (Å²) in [6.07, 6.45) is 7.36. The summed E-state index contributed by atoms with van der Waals surface area (Å²) >= 11 is 0. The average molecular weight is 224 g/mol. The van der Waals surface area contributed by atoms with Crippen LogP contribution in [0.2, 0.25) is 0 Å². The maximum absolute atomic E-state index is 11.6. The van der Waals surface area contributed by atoms with Gasteiger partial charge in [0, 0.05) is 12.8 Å². The molecule has 2 aliphatic carbocycles. The van der Waals surface area contributed by atoms with Gasteiger partial charge in [-0.3, -0.25) is 9.59 Å². The van der Waals surface area contributed by atoms with Gasteiger partial charge < -0.3 is 4.74 Å². The molecule has 0 aromatic heterocycles. The van der Waals surface area contributed by atoms with Crippen LogP contribution in [0.15, 0.2) is 0 Å². The molecule has 3 heteroatoms. The van der Waals surface area contributed by atoms with Gasteiger partial charge in [-0.25, -0.2) is 0 Å². The standard InChI is InChI=1S/C13H20O3/c1-16-12(15)9-13-7-3-2-4-10(13)5-6-11(14)8-13/h10H,2-9H2,1H3/t10-,13-/m0/s1. The highest BCUT2D eigenvalue weighted by molar-refractivity contribution is 5.81. The molecule has 0 aromatic rings. The largest absolute Gasteiger partial charge is 0.469 e.